The summed E-state index contributed by atoms with van der Waals surface area (Å²) in [5.74, 6) is 0. The van der Waals surface area contributed by atoms with E-state index in [-0.39, 0.29) is 17.6 Å². The van der Waals surface area contributed by atoms with Crippen molar-refractivity contribution in [2.24, 2.45) is 11.1 Å². The molecule has 0 aromatic heterocycles. The standard InChI is InChI=1S/C15H24ClNO/c1-5-13(17)14(15(2,3)4)18-10-11-7-6-8-12(16)9-11/h6-9,13-14H,5,10,17H2,1-4H3. The number of nitrogens with two attached hydrogens (primary N) is 1. The van der Waals surface area contributed by atoms with Crippen molar-refractivity contribution in [1.29, 1.82) is 0 Å². The van der Waals surface area contributed by atoms with Crippen LogP contribution >= 0.6 is 11.6 Å². The van der Waals surface area contributed by atoms with E-state index in [0.717, 1.165) is 17.0 Å². The summed E-state index contributed by atoms with van der Waals surface area (Å²) in [6.07, 6.45) is 0.957. The molecule has 0 aliphatic carbocycles. The lowest BCUT2D eigenvalue weighted by molar-refractivity contribution is -0.0439. The Morgan fingerprint density at radius 3 is 2.50 bits per heavy atom. The molecule has 0 spiro atoms. The summed E-state index contributed by atoms with van der Waals surface area (Å²) in [7, 11) is 0. The van der Waals surface area contributed by atoms with Crippen molar-refractivity contribution in [2.45, 2.75) is 52.9 Å². The van der Waals surface area contributed by atoms with Gasteiger partial charge in [-0.1, -0.05) is 51.4 Å². The molecular formula is C15H24ClNO. The number of hydrogen-bond acceptors (Lipinski definition) is 2. The summed E-state index contributed by atoms with van der Waals surface area (Å²) in [4.78, 5) is 0. The Kier molecular flexibility index (Phi) is 5.64. The quantitative estimate of drug-likeness (QED) is 0.877. The van der Waals surface area contributed by atoms with Crippen LogP contribution in [0.3, 0.4) is 0 Å². The van der Waals surface area contributed by atoms with Gasteiger partial charge in [0.05, 0.1) is 12.7 Å². The van der Waals surface area contributed by atoms with Gasteiger partial charge in [-0.05, 0) is 29.5 Å². The van der Waals surface area contributed by atoms with E-state index >= 15 is 0 Å². The Hall–Kier alpha value is -0.570. The van der Waals surface area contributed by atoms with Crippen LogP contribution in [0.15, 0.2) is 24.3 Å². The molecule has 0 saturated heterocycles. The van der Waals surface area contributed by atoms with Gasteiger partial charge in [-0.3, -0.25) is 0 Å². The van der Waals surface area contributed by atoms with Gasteiger partial charge < -0.3 is 10.5 Å². The Bertz CT molecular complexity index is 373. The lowest BCUT2D eigenvalue weighted by atomic mass is 9.84. The Morgan fingerprint density at radius 1 is 1.33 bits per heavy atom. The second-order valence-electron chi connectivity index (χ2n) is 5.80. The zero-order chi connectivity index (χ0) is 13.8. The summed E-state index contributed by atoms with van der Waals surface area (Å²) >= 11 is 5.96. The van der Waals surface area contributed by atoms with Crippen molar-refractivity contribution in [2.75, 3.05) is 0 Å². The lowest BCUT2D eigenvalue weighted by Gasteiger charge is -2.34. The minimum atomic E-state index is 0.0357. The Morgan fingerprint density at radius 2 is 2.00 bits per heavy atom. The van der Waals surface area contributed by atoms with Gasteiger partial charge in [-0.25, -0.2) is 0 Å². The third-order valence-electron chi connectivity index (χ3n) is 3.03. The maximum absolute atomic E-state index is 6.15. The van der Waals surface area contributed by atoms with E-state index in [1.807, 2.05) is 24.3 Å². The van der Waals surface area contributed by atoms with Crippen LogP contribution < -0.4 is 5.73 Å². The molecule has 3 heteroatoms. The average molecular weight is 270 g/mol. The molecule has 2 unspecified atom stereocenters. The SMILES string of the molecule is CCC(N)C(OCc1cccc(Cl)c1)C(C)(C)C. The molecule has 0 saturated carbocycles. The maximum Gasteiger partial charge on any atom is 0.0778 e. The molecule has 0 heterocycles. The normalized spacial score (nSPS) is 15.4. The van der Waals surface area contributed by atoms with Gasteiger partial charge >= 0.3 is 0 Å². The van der Waals surface area contributed by atoms with Gasteiger partial charge in [0, 0.05) is 11.1 Å². The van der Waals surface area contributed by atoms with Crippen LogP contribution in [0, 0.1) is 5.41 Å². The summed E-state index contributed by atoms with van der Waals surface area (Å²) in [5, 5.41) is 0.739. The molecule has 1 aromatic rings. The van der Waals surface area contributed by atoms with Crippen molar-refractivity contribution >= 4 is 11.6 Å². The minimum Gasteiger partial charge on any atom is -0.371 e. The highest BCUT2D eigenvalue weighted by atomic mass is 35.5. The molecule has 0 aliphatic heterocycles. The Labute approximate surface area is 115 Å². The summed E-state index contributed by atoms with van der Waals surface area (Å²) in [5.41, 5.74) is 7.27. The number of halogens is 1. The summed E-state index contributed by atoms with van der Waals surface area (Å²) in [6.45, 7) is 9.11. The first kappa shape index (κ1) is 15.5. The second kappa shape index (κ2) is 6.55. The van der Waals surface area contributed by atoms with E-state index in [1.54, 1.807) is 0 Å². The molecule has 2 atom stereocenters. The van der Waals surface area contributed by atoms with E-state index in [4.69, 9.17) is 22.1 Å². The fourth-order valence-corrected chi connectivity index (χ4v) is 2.26. The molecule has 0 bridgehead atoms. The number of rotatable bonds is 5. The molecule has 0 radical (unpaired) electrons. The third kappa shape index (κ3) is 4.60. The molecule has 0 aliphatic rings. The number of hydrogen-bond donors (Lipinski definition) is 1. The predicted octanol–water partition coefficient (Wildman–Crippen LogP) is 4.01. The molecular weight excluding hydrogens is 246 g/mol. The monoisotopic (exact) mass is 269 g/mol. The second-order valence-corrected chi connectivity index (χ2v) is 6.24. The van der Waals surface area contributed by atoms with E-state index in [0.29, 0.717) is 6.61 Å². The van der Waals surface area contributed by atoms with Crippen molar-refractivity contribution in [1.82, 2.24) is 0 Å². The highest BCUT2D eigenvalue weighted by Gasteiger charge is 2.30. The topological polar surface area (TPSA) is 35.2 Å². The van der Waals surface area contributed by atoms with E-state index in [2.05, 4.69) is 27.7 Å². The third-order valence-corrected chi connectivity index (χ3v) is 3.27. The van der Waals surface area contributed by atoms with Crippen LogP contribution in [0.2, 0.25) is 5.02 Å². The molecule has 102 valence electrons. The molecule has 18 heavy (non-hydrogen) atoms. The number of benzene rings is 1. The lowest BCUT2D eigenvalue weighted by Crippen LogP contribution is -2.44. The van der Waals surface area contributed by atoms with Gasteiger partial charge in [0.1, 0.15) is 0 Å². The number of ether oxygens (including phenoxy) is 1. The van der Waals surface area contributed by atoms with Crippen LogP contribution in [-0.2, 0) is 11.3 Å². The molecule has 0 fully saturated rings. The summed E-state index contributed by atoms with van der Waals surface area (Å²) in [6, 6.07) is 7.81. The first-order valence-corrected chi connectivity index (χ1v) is 6.84. The maximum atomic E-state index is 6.15. The van der Waals surface area contributed by atoms with Gasteiger partial charge in [-0.2, -0.15) is 0 Å². The Balaban J connectivity index is 2.68. The van der Waals surface area contributed by atoms with Crippen molar-refractivity contribution in [3.05, 3.63) is 34.9 Å². The fourth-order valence-electron chi connectivity index (χ4n) is 2.04. The molecule has 2 N–H and O–H groups in total. The van der Waals surface area contributed by atoms with Gasteiger partial charge in [0.25, 0.3) is 0 Å². The van der Waals surface area contributed by atoms with Crippen molar-refractivity contribution in [3.8, 4) is 0 Å². The largest absolute Gasteiger partial charge is 0.371 e. The summed E-state index contributed by atoms with van der Waals surface area (Å²) < 4.78 is 6.02. The van der Waals surface area contributed by atoms with Crippen LogP contribution in [-0.4, -0.2) is 12.1 Å². The van der Waals surface area contributed by atoms with E-state index < -0.39 is 0 Å². The zero-order valence-electron chi connectivity index (χ0n) is 11.7. The fraction of sp³-hybridized carbons (Fsp3) is 0.600. The molecule has 1 aromatic carbocycles. The van der Waals surface area contributed by atoms with Crippen LogP contribution in [0.4, 0.5) is 0 Å². The molecule has 0 amide bonds. The highest BCUT2D eigenvalue weighted by Crippen LogP contribution is 2.26. The van der Waals surface area contributed by atoms with Gasteiger partial charge in [0.2, 0.25) is 0 Å². The minimum absolute atomic E-state index is 0.0357. The first-order chi connectivity index (χ1) is 8.34. The van der Waals surface area contributed by atoms with Crippen LogP contribution in [0.5, 0.6) is 0 Å². The highest BCUT2D eigenvalue weighted by molar-refractivity contribution is 6.30. The van der Waals surface area contributed by atoms with Crippen molar-refractivity contribution in [3.63, 3.8) is 0 Å². The smallest absolute Gasteiger partial charge is 0.0778 e. The molecule has 2 nitrogen and oxygen atoms in total. The average Bonchev–Trinajstić information content (AvgIpc) is 2.27. The van der Waals surface area contributed by atoms with Crippen LogP contribution in [0.25, 0.3) is 0 Å². The first-order valence-electron chi connectivity index (χ1n) is 6.46. The van der Waals surface area contributed by atoms with Crippen LogP contribution in [0.1, 0.15) is 39.7 Å². The van der Waals surface area contributed by atoms with E-state index in [9.17, 15) is 0 Å². The van der Waals surface area contributed by atoms with Gasteiger partial charge in [-0.15, -0.1) is 0 Å². The zero-order valence-corrected chi connectivity index (χ0v) is 12.5. The van der Waals surface area contributed by atoms with Gasteiger partial charge in [0.15, 0.2) is 0 Å². The van der Waals surface area contributed by atoms with Crippen molar-refractivity contribution < 1.29 is 4.74 Å². The predicted molar refractivity (Wildman–Crippen MR) is 77.8 cm³/mol. The van der Waals surface area contributed by atoms with E-state index in [1.165, 1.54) is 0 Å². The molecule has 1 rings (SSSR count).